The molecule has 0 heterocycles. The molecule has 0 bridgehead atoms. The van der Waals surface area contributed by atoms with Crippen LogP contribution in [0.1, 0.15) is 39.5 Å². The van der Waals surface area contributed by atoms with Gasteiger partial charge in [0.05, 0.1) is 13.1 Å². The van der Waals surface area contributed by atoms with Gasteiger partial charge in [0.1, 0.15) is 6.54 Å². The lowest BCUT2D eigenvalue weighted by molar-refractivity contribution is -0.852. The Morgan fingerprint density at radius 2 is 1.73 bits per heavy atom. The predicted molar refractivity (Wildman–Crippen MR) is 62.9 cm³/mol. The smallest absolute Gasteiger partial charge is 0.435 e. The van der Waals surface area contributed by atoms with Gasteiger partial charge >= 0.3 is 6.09 Å². The molecule has 0 spiro atoms. The summed E-state index contributed by atoms with van der Waals surface area (Å²) in [5.74, 6) is 0. The topological polar surface area (TPSA) is 37.3 Å². The van der Waals surface area contributed by atoms with E-state index in [4.69, 9.17) is 0 Å². The molecule has 15 heavy (non-hydrogen) atoms. The molecule has 1 N–H and O–H groups in total. The van der Waals surface area contributed by atoms with Crippen LogP contribution in [0.3, 0.4) is 0 Å². The first-order valence-electron chi connectivity index (χ1n) is 5.83. The Bertz CT molecular complexity index is 194. The molecule has 0 radical (unpaired) electrons. The highest BCUT2D eigenvalue weighted by molar-refractivity contribution is 5.56. The summed E-state index contributed by atoms with van der Waals surface area (Å²) in [6.07, 6.45) is 5.01. The fourth-order valence-electron chi connectivity index (χ4n) is 1.73. The minimum absolute atomic E-state index is 0.158. The van der Waals surface area contributed by atoms with Crippen LogP contribution in [0, 0.1) is 0 Å². The van der Waals surface area contributed by atoms with Gasteiger partial charge in [0, 0.05) is 0 Å². The molecule has 0 aliphatic carbocycles. The Labute approximate surface area is 93.0 Å². The van der Waals surface area contributed by atoms with E-state index in [1.54, 1.807) is 6.08 Å². The molecule has 0 rings (SSSR count). The lowest BCUT2D eigenvalue weighted by Gasteiger charge is -2.31. The second-order valence-corrected chi connectivity index (χ2v) is 4.05. The Morgan fingerprint density at radius 3 is 2.00 bits per heavy atom. The SMILES string of the molecule is C=CC[N+](CCCC)(CCCC)C(=O)O. The van der Waals surface area contributed by atoms with Gasteiger partial charge in [0.2, 0.25) is 0 Å². The van der Waals surface area contributed by atoms with Crippen molar-refractivity contribution >= 4 is 6.09 Å². The summed E-state index contributed by atoms with van der Waals surface area (Å²) in [5.41, 5.74) is 0. The Morgan fingerprint density at radius 1 is 1.27 bits per heavy atom. The lowest BCUT2D eigenvalue weighted by atomic mass is 10.2. The second kappa shape index (κ2) is 7.46. The highest BCUT2D eigenvalue weighted by Crippen LogP contribution is 2.13. The minimum Gasteiger partial charge on any atom is -0.435 e. The van der Waals surface area contributed by atoms with Crippen LogP contribution >= 0.6 is 0 Å². The van der Waals surface area contributed by atoms with Crippen molar-refractivity contribution in [2.75, 3.05) is 19.6 Å². The molecule has 3 heteroatoms. The second-order valence-electron chi connectivity index (χ2n) is 4.05. The zero-order valence-corrected chi connectivity index (χ0v) is 10.0. The van der Waals surface area contributed by atoms with Crippen LogP contribution < -0.4 is 0 Å². The molecule has 0 aromatic carbocycles. The van der Waals surface area contributed by atoms with E-state index in [1.165, 1.54) is 0 Å². The molecule has 0 unspecified atom stereocenters. The van der Waals surface area contributed by atoms with Gasteiger partial charge < -0.3 is 5.11 Å². The summed E-state index contributed by atoms with van der Waals surface area (Å²) in [6.45, 7) is 9.82. The van der Waals surface area contributed by atoms with Gasteiger partial charge in [0.15, 0.2) is 0 Å². The number of carbonyl (C=O) groups is 1. The molecule has 0 saturated carbocycles. The first kappa shape index (κ1) is 14.2. The third-order valence-electron chi connectivity index (χ3n) is 2.76. The molecule has 1 amide bonds. The van der Waals surface area contributed by atoms with Crippen LogP contribution in [0.2, 0.25) is 0 Å². The predicted octanol–water partition coefficient (Wildman–Crippen LogP) is 3.27. The van der Waals surface area contributed by atoms with Crippen molar-refractivity contribution < 1.29 is 14.4 Å². The number of unbranched alkanes of at least 4 members (excludes halogenated alkanes) is 2. The molecule has 0 aliphatic heterocycles. The molecule has 0 aliphatic rings. The Kier molecular flexibility index (Phi) is 7.05. The van der Waals surface area contributed by atoms with Gasteiger partial charge in [-0.25, -0.2) is 4.48 Å². The average molecular weight is 214 g/mol. The molecule has 3 nitrogen and oxygen atoms in total. The number of hydrogen-bond acceptors (Lipinski definition) is 1. The summed E-state index contributed by atoms with van der Waals surface area (Å²) < 4.78 is 0.158. The van der Waals surface area contributed by atoms with Crippen LogP contribution in [0.15, 0.2) is 12.7 Å². The van der Waals surface area contributed by atoms with Crippen molar-refractivity contribution in [1.82, 2.24) is 0 Å². The van der Waals surface area contributed by atoms with Crippen LogP contribution in [0.5, 0.6) is 0 Å². The largest absolute Gasteiger partial charge is 0.513 e. The summed E-state index contributed by atoms with van der Waals surface area (Å²) in [7, 11) is 0. The van der Waals surface area contributed by atoms with Crippen LogP contribution in [0.4, 0.5) is 4.79 Å². The van der Waals surface area contributed by atoms with Crippen molar-refractivity contribution in [2.45, 2.75) is 39.5 Å². The van der Waals surface area contributed by atoms with Crippen LogP contribution in [-0.2, 0) is 0 Å². The molecule has 0 aromatic rings. The summed E-state index contributed by atoms with van der Waals surface area (Å²) in [5, 5.41) is 9.33. The Hall–Kier alpha value is -0.830. The van der Waals surface area contributed by atoms with E-state index in [1.807, 2.05) is 0 Å². The van der Waals surface area contributed by atoms with Crippen molar-refractivity contribution in [2.24, 2.45) is 0 Å². The van der Waals surface area contributed by atoms with Gasteiger partial charge in [-0.15, -0.1) is 0 Å². The zero-order valence-electron chi connectivity index (χ0n) is 10.0. The van der Waals surface area contributed by atoms with Gasteiger partial charge in [-0.05, 0) is 18.9 Å². The lowest BCUT2D eigenvalue weighted by Crippen LogP contribution is -2.53. The van der Waals surface area contributed by atoms with Gasteiger partial charge in [0.25, 0.3) is 0 Å². The maximum atomic E-state index is 11.3. The average Bonchev–Trinajstić information content (AvgIpc) is 2.22. The maximum Gasteiger partial charge on any atom is 0.513 e. The van der Waals surface area contributed by atoms with Gasteiger partial charge in [-0.1, -0.05) is 33.3 Å². The third-order valence-corrected chi connectivity index (χ3v) is 2.76. The number of rotatable bonds is 8. The van der Waals surface area contributed by atoms with E-state index in [0.29, 0.717) is 6.54 Å². The fourth-order valence-corrected chi connectivity index (χ4v) is 1.73. The number of hydrogen-bond donors (Lipinski definition) is 1. The van der Waals surface area contributed by atoms with E-state index < -0.39 is 6.09 Å². The first-order valence-corrected chi connectivity index (χ1v) is 5.83. The summed E-state index contributed by atoms with van der Waals surface area (Å²) in [6, 6.07) is 0. The molecule has 0 atom stereocenters. The van der Waals surface area contributed by atoms with Crippen LogP contribution in [0.25, 0.3) is 0 Å². The van der Waals surface area contributed by atoms with Gasteiger partial charge in [-0.2, -0.15) is 4.79 Å². The minimum atomic E-state index is -0.711. The molecule has 88 valence electrons. The maximum absolute atomic E-state index is 11.3. The number of nitrogens with zero attached hydrogens (tertiary/aromatic N) is 1. The fraction of sp³-hybridized carbons (Fsp3) is 0.750. The number of amides is 1. The van der Waals surface area contributed by atoms with Crippen molar-refractivity contribution in [3.8, 4) is 0 Å². The highest BCUT2D eigenvalue weighted by Gasteiger charge is 2.34. The van der Waals surface area contributed by atoms with Crippen molar-refractivity contribution in [3.63, 3.8) is 0 Å². The third kappa shape index (κ3) is 4.47. The Balaban J connectivity index is 4.55. The van der Waals surface area contributed by atoms with Gasteiger partial charge in [-0.3, -0.25) is 0 Å². The van der Waals surface area contributed by atoms with E-state index in [2.05, 4.69) is 20.4 Å². The highest BCUT2D eigenvalue weighted by atomic mass is 16.4. The monoisotopic (exact) mass is 214 g/mol. The van der Waals surface area contributed by atoms with E-state index in [0.717, 1.165) is 38.8 Å². The van der Waals surface area contributed by atoms with E-state index in [9.17, 15) is 9.90 Å². The van der Waals surface area contributed by atoms with E-state index in [-0.39, 0.29) is 4.48 Å². The number of quaternary nitrogens is 1. The standard InChI is InChI=1S/C12H23NO2/c1-4-7-10-13(9-6-3,12(14)15)11-8-5-2/h6H,3-5,7-11H2,1-2H3/p+1. The molecule has 0 fully saturated rings. The van der Waals surface area contributed by atoms with Crippen molar-refractivity contribution in [1.29, 1.82) is 0 Å². The van der Waals surface area contributed by atoms with E-state index >= 15 is 0 Å². The molecule has 0 aromatic heterocycles. The van der Waals surface area contributed by atoms with Crippen LogP contribution in [-0.4, -0.2) is 35.3 Å². The zero-order chi connectivity index (χ0) is 11.7. The quantitative estimate of drug-likeness (QED) is 0.497. The molecular formula is C12H24NO2+. The summed E-state index contributed by atoms with van der Waals surface area (Å²) in [4.78, 5) is 11.3. The number of carboxylic acid groups (broad SMARTS) is 1. The normalized spacial score (nSPS) is 11.3. The van der Waals surface area contributed by atoms with Crippen molar-refractivity contribution in [3.05, 3.63) is 12.7 Å². The molecule has 0 saturated heterocycles. The first-order chi connectivity index (χ1) is 7.13. The summed E-state index contributed by atoms with van der Waals surface area (Å²) >= 11 is 0. The molecular weight excluding hydrogens is 190 g/mol.